The van der Waals surface area contributed by atoms with Crippen LogP contribution in [0.5, 0.6) is 0 Å². The molecule has 166 valence electrons. The lowest BCUT2D eigenvalue weighted by atomic mass is 9.89. The molecule has 0 bridgehead atoms. The molecule has 0 fully saturated rings. The molecule has 0 spiro atoms. The van der Waals surface area contributed by atoms with Crippen molar-refractivity contribution in [2.45, 2.75) is 44.8 Å². The van der Waals surface area contributed by atoms with Crippen molar-refractivity contribution in [1.29, 1.82) is 0 Å². The second-order valence-corrected chi connectivity index (χ2v) is 19.3. The first kappa shape index (κ1) is 22.1. The number of benzene rings is 3. The summed E-state index contributed by atoms with van der Waals surface area (Å²) in [6.07, 6.45) is -0.689. The smallest absolute Gasteiger partial charge is 0.210 e. The van der Waals surface area contributed by atoms with E-state index in [2.05, 4.69) is 74.1 Å². The Bertz CT molecular complexity index is 1380. The molecule has 0 saturated carbocycles. The fourth-order valence-corrected chi connectivity index (χ4v) is 6.65. The summed E-state index contributed by atoms with van der Waals surface area (Å²) in [6.45, 7) is 15.0. The molecular formula is C29H30O2Si2. The van der Waals surface area contributed by atoms with Crippen LogP contribution in [-0.2, 0) is 0 Å². The molecule has 4 heteroatoms. The van der Waals surface area contributed by atoms with Crippen LogP contribution < -0.4 is 0 Å². The van der Waals surface area contributed by atoms with Crippen LogP contribution in [0, 0.1) is 11.5 Å². The summed E-state index contributed by atoms with van der Waals surface area (Å²) in [5.74, 6) is 3.50. The molecule has 2 nitrogen and oxygen atoms in total. The van der Waals surface area contributed by atoms with E-state index < -0.39 is 22.5 Å². The van der Waals surface area contributed by atoms with Gasteiger partial charge in [0, 0.05) is 22.6 Å². The fourth-order valence-electron chi connectivity index (χ4n) is 5.13. The lowest BCUT2D eigenvalue weighted by Gasteiger charge is -2.26. The van der Waals surface area contributed by atoms with Crippen LogP contribution in [0.25, 0.3) is 22.3 Å². The molecule has 0 amide bonds. The van der Waals surface area contributed by atoms with Crippen molar-refractivity contribution < 1.29 is 9.90 Å². The largest absolute Gasteiger partial charge is 0.428 e. The molecule has 0 saturated heterocycles. The molecule has 0 aromatic heterocycles. The van der Waals surface area contributed by atoms with Gasteiger partial charge in [-0.15, -0.1) is 12.1 Å². The molecule has 2 aliphatic rings. The minimum Gasteiger partial charge on any atom is -0.428 e. The van der Waals surface area contributed by atoms with E-state index in [0.717, 1.165) is 49.7 Å². The normalized spacial score (nSPS) is 18.0. The summed E-state index contributed by atoms with van der Waals surface area (Å²) in [5, 5.41) is 12.3. The number of fused-ring (bicyclic) bond motifs is 6. The standard InChI is InChI=1S/C29H30O2Si2/c1-18(33(5,6)31)26-20-12-8-9-13-21(20)27-23(15-16-32(2,3)4)28-24(17-25(26)27)19-11-7-10-14-22(19)29(28)30/h7-14,17,26,29-31H,1H2,2-6H3. The second kappa shape index (κ2) is 7.41. The Morgan fingerprint density at radius 3 is 2.09 bits per heavy atom. The molecule has 0 heterocycles. The molecular weight excluding hydrogens is 436 g/mol. The number of rotatable bonds is 2. The number of aliphatic hydroxyl groups excluding tert-OH is 1. The fraction of sp³-hybridized carbons (Fsp3) is 0.241. The monoisotopic (exact) mass is 466 g/mol. The van der Waals surface area contributed by atoms with E-state index in [1.807, 2.05) is 31.3 Å². The van der Waals surface area contributed by atoms with E-state index in [-0.39, 0.29) is 5.92 Å². The quantitative estimate of drug-likeness (QED) is 0.340. The third kappa shape index (κ3) is 3.48. The molecule has 3 aromatic carbocycles. The number of aliphatic hydroxyl groups is 1. The zero-order valence-electron chi connectivity index (χ0n) is 20.0. The highest BCUT2D eigenvalue weighted by molar-refractivity contribution is 6.84. The topological polar surface area (TPSA) is 40.5 Å². The number of hydrogen-bond acceptors (Lipinski definition) is 2. The van der Waals surface area contributed by atoms with Crippen LogP contribution >= 0.6 is 0 Å². The Morgan fingerprint density at radius 2 is 1.45 bits per heavy atom. The SMILES string of the molecule is C=C(C1c2ccccc2-c2c1cc1c(c2C#C[Si](C)(C)C)C(O)c2ccccc2-1)[Si](C)(C)O. The Hall–Kier alpha value is -2.69. The average Bonchev–Trinajstić information content (AvgIpc) is 3.22. The maximum atomic E-state index is 11.4. The molecule has 2 atom stereocenters. The van der Waals surface area contributed by atoms with Crippen LogP contribution in [-0.4, -0.2) is 26.3 Å². The van der Waals surface area contributed by atoms with E-state index >= 15 is 0 Å². The molecule has 3 aromatic rings. The molecule has 2 aliphatic carbocycles. The minimum absolute atomic E-state index is 0.0643. The highest BCUT2D eigenvalue weighted by Crippen LogP contribution is 2.56. The molecule has 2 N–H and O–H groups in total. The van der Waals surface area contributed by atoms with Crippen LogP contribution in [0.3, 0.4) is 0 Å². The molecule has 0 radical (unpaired) electrons. The second-order valence-electron chi connectivity index (χ2n) is 10.8. The van der Waals surface area contributed by atoms with Crippen molar-refractivity contribution in [2.75, 3.05) is 0 Å². The van der Waals surface area contributed by atoms with E-state index in [1.54, 1.807) is 0 Å². The highest BCUT2D eigenvalue weighted by Gasteiger charge is 2.41. The van der Waals surface area contributed by atoms with E-state index in [1.165, 1.54) is 5.56 Å². The van der Waals surface area contributed by atoms with Crippen molar-refractivity contribution in [3.05, 3.63) is 94.2 Å². The van der Waals surface area contributed by atoms with Crippen LogP contribution in [0.1, 0.15) is 39.8 Å². The molecule has 2 unspecified atom stereocenters. The minimum atomic E-state index is -2.61. The predicted molar refractivity (Wildman–Crippen MR) is 142 cm³/mol. The lowest BCUT2D eigenvalue weighted by molar-refractivity contribution is 0.225. The Balaban J connectivity index is 1.90. The van der Waals surface area contributed by atoms with Crippen molar-refractivity contribution in [3.63, 3.8) is 0 Å². The summed E-state index contributed by atoms with van der Waals surface area (Å²) in [5.41, 5.74) is 13.1. The zero-order chi connectivity index (χ0) is 23.7. The molecule has 33 heavy (non-hydrogen) atoms. The van der Waals surface area contributed by atoms with E-state index in [9.17, 15) is 9.90 Å². The van der Waals surface area contributed by atoms with Crippen LogP contribution in [0.2, 0.25) is 32.7 Å². The van der Waals surface area contributed by atoms with Gasteiger partial charge in [0.15, 0.2) is 0 Å². The van der Waals surface area contributed by atoms with E-state index in [4.69, 9.17) is 0 Å². The van der Waals surface area contributed by atoms with Gasteiger partial charge in [0.1, 0.15) is 14.2 Å². The molecule has 0 aliphatic heterocycles. The van der Waals surface area contributed by atoms with Gasteiger partial charge in [0.05, 0.1) is 0 Å². The van der Waals surface area contributed by atoms with Crippen molar-refractivity contribution in [1.82, 2.24) is 0 Å². The first-order chi connectivity index (χ1) is 15.5. The van der Waals surface area contributed by atoms with E-state index in [0.29, 0.717) is 0 Å². The third-order valence-corrected chi connectivity index (χ3v) is 9.50. The van der Waals surface area contributed by atoms with Gasteiger partial charge in [-0.05, 0) is 52.5 Å². The van der Waals surface area contributed by atoms with Crippen molar-refractivity contribution in [2.24, 2.45) is 0 Å². The van der Waals surface area contributed by atoms with Gasteiger partial charge >= 0.3 is 0 Å². The summed E-state index contributed by atoms with van der Waals surface area (Å²) >= 11 is 0. The Labute approximate surface area is 198 Å². The summed E-state index contributed by atoms with van der Waals surface area (Å²) in [6, 6.07) is 18.7. The van der Waals surface area contributed by atoms with Gasteiger partial charge < -0.3 is 9.90 Å². The highest BCUT2D eigenvalue weighted by atomic mass is 28.4. The van der Waals surface area contributed by atoms with Crippen molar-refractivity contribution >= 4 is 16.4 Å². The van der Waals surface area contributed by atoms with Gasteiger partial charge in [-0.3, -0.25) is 0 Å². The van der Waals surface area contributed by atoms with Crippen LogP contribution in [0.4, 0.5) is 0 Å². The summed E-state index contributed by atoms with van der Waals surface area (Å²) in [7, 11) is -4.27. The van der Waals surface area contributed by atoms with Gasteiger partial charge in [0.25, 0.3) is 0 Å². The first-order valence-corrected chi connectivity index (χ1v) is 18.0. The zero-order valence-corrected chi connectivity index (χ0v) is 22.0. The Morgan fingerprint density at radius 1 is 0.848 bits per heavy atom. The molecule has 5 rings (SSSR count). The predicted octanol–water partition coefficient (Wildman–Crippen LogP) is 6.38. The van der Waals surface area contributed by atoms with Crippen molar-refractivity contribution in [3.8, 4) is 33.7 Å². The maximum absolute atomic E-state index is 11.4. The van der Waals surface area contributed by atoms with Crippen LogP contribution in [0.15, 0.2) is 66.4 Å². The van der Waals surface area contributed by atoms with Gasteiger partial charge in [-0.1, -0.05) is 79.3 Å². The number of allylic oxidation sites excluding steroid dienone is 1. The van der Waals surface area contributed by atoms with Gasteiger partial charge in [0.2, 0.25) is 8.32 Å². The lowest BCUT2D eigenvalue weighted by Crippen LogP contribution is -2.31. The maximum Gasteiger partial charge on any atom is 0.210 e. The summed E-state index contributed by atoms with van der Waals surface area (Å²) in [4.78, 5) is 11.0. The summed E-state index contributed by atoms with van der Waals surface area (Å²) < 4.78 is 0. The van der Waals surface area contributed by atoms with Gasteiger partial charge in [-0.25, -0.2) is 0 Å². The number of hydrogen-bond donors (Lipinski definition) is 2. The first-order valence-electron chi connectivity index (χ1n) is 11.5. The Kier molecular flexibility index (Phi) is 4.97. The van der Waals surface area contributed by atoms with Gasteiger partial charge in [-0.2, -0.15) is 0 Å². The third-order valence-electron chi connectivity index (χ3n) is 6.77. The average molecular weight is 467 g/mol.